The maximum atomic E-state index is 4.21. The number of nitrogens with one attached hydrogen (secondary N) is 1. The van der Waals surface area contributed by atoms with Crippen LogP contribution in [-0.2, 0) is 13.0 Å². The van der Waals surface area contributed by atoms with Gasteiger partial charge in [0, 0.05) is 11.0 Å². The molecule has 2 rings (SSSR count). The molecule has 0 bridgehead atoms. The standard InChI is InChI=1S/C16H23BrN4/c1-3-9-18-15(11-13-7-5-6-8-14(13)17)16-12-19-20-21(16)10-4-2/h5-8,12,15,18H,3-4,9-11H2,1-2H3. The zero-order valence-electron chi connectivity index (χ0n) is 12.7. The summed E-state index contributed by atoms with van der Waals surface area (Å²) in [5, 5.41) is 11.9. The minimum atomic E-state index is 0.241. The second-order valence-electron chi connectivity index (χ2n) is 5.18. The van der Waals surface area contributed by atoms with Crippen molar-refractivity contribution in [1.82, 2.24) is 20.3 Å². The zero-order valence-corrected chi connectivity index (χ0v) is 14.3. The van der Waals surface area contributed by atoms with Crippen LogP contribution >= 0.6 is 15.9 Å². The summed E-state index contributed by atoms with van der Waals surface area (Å²) in [4.78, 5) is 0. The van der Waals surface area contributed by atoms with E-state index in [1.54, 1.807) is 0 Å². The molecule has 2 aromatic rings. The van der Waals surface area contributed by atoms with Crippen molar-refractivity contribution in [3.8, 4) is 0 Å². The van der Waals surface area contributed by atoms with Crippen molar-refractivity contribution in [2.45, 2.75) is 45.7 Å². The topological polar surface area (TPSA) is 42.7 Å². The molecule has 0 aliphatic heterocycles. The van der Waals surface area contributed by atoms with Crippen LogP contribution in [0.1, 0.15) is 44.0 Å². The van der Waals surface area contributed by atoms with E-state index in [2.05, 4.69) is 63.6 Å². The first-order valence-corrected chi connectivity index (χ1v) is 8.40. The van der Waals surface area contributed by atoms with Crippen LogP contribution in [-0.4, -0.2) is 21.5 Å². The highest BCUT2D eigenvalue weighted by Crippen LogP contribution is 2.23. The van der Waals surface area contributed by atoms with E-state index in [-0.39, 0.29) is 6.04 Å². The first-order chi connectivity index (χ1) is 10.3. The Morgan fingerprint density at radius 2 is 2.05 bits per heavy atom. The summed E-state index contributed by atoms with van der Waals surface area (Å²) >= 11 is 3.64. The first-order valence-electron chi connectivity index (χ1n) is 7.61. The molecule has 1 atom stereocenters. The molecule has 1 N–H and O–H groups in total. The summed E-state index contributed by atoms with van der Waals surface area (Å²) in [5.41, 5.74) is 2.47. The summed E-state index contributed by atoms with van der Waals surface area (Å²) in [6, 6.07) is 8.63. The van der Waals surface area contributed by atoms with E-state index in [4.69, 9.17) is 0 Å². The molecule has 5 heteroatoms. The molecule has 0 amide bonds. The lowest BCUT2D eigenvalue weighted by Crippen LogP contribution is -2.26. The number of hydrogen-bond donors (Lipinski definition) is 1. The van der Waals surface area contributed by atoms with Crippen molar-refractivity contribution in [2.75, 3.05) is 6.54 Å². The minimum absolute atomic E-state index is 0.241. The van der Waals surface area contributed by atoms with E-state index in [1.165, 1.54) is 11.3 Å². The minimum Gasteiger partial charge on any atom is -0.308 e. The van der Waals surface area contributed by atoms with Gasteiger partial charge >= 0.3 is 0 Å². The molecule has 0 spiro atoms. The molecule has 0 radical (unpaired) electrons. The molecule has 4 nitrogen and oxygen atoms in total. The molecule has 0 aliphatic carbocycles. The van der Waals surface area contributed by atoms with Crippen molar-refractivity contribution >= 4 is 15.9 Å². The molecule has 0 saturated heterocycles. The van der Waals surface area contributed by atoms with E-state index < -0.39 is 0 Å². The molecule has 1 aromatic heterocycles. The monoisotopic (exact) mass is 350 g/mol. The fraction of sp³-hybridized carbons (Fsp3) is 0.500. The Morgan fingerprint density at radius 1 is 1.24 bits per heavy atom. The van der Waals surface area contributed by atoms with E-state index >= 15 is 0 Å². The van der Waals surface area contributed by atoms with E-state index in [1.807, 2.05) is 16.9 Å². The lowest BCUT2D eigenvalue weighted by Gasteiger charge is -2.20. The molecule has 21 heavy (non-hydrogen) atoms. The SMILES string of the molecule is CCCNC(Cc1ccccc1Br)c1cnnn1CCC. The largest absolute Gasteiger partial charge is 0.308 e. The Morgan fingerprint density at radius 3 is 2.76 bits per heavy atom. The third-order valence-electron chi connectivity index (χ3n) is 3.46. The summed E-state index contributed by atoms with van der Waals surface area (Å²) < 4.78 is 3.17. The smallest absolute Gasteiger partial charge is 0.0759 e. The van der Waals surface area contributed by atoms with Gasteiger partial charge < -0.3 is 5.32 Å². The van der Waals surface area contributed by atoms with Gasteiger partial charge in [-0.05, 0) is 37.4 Å². The Balaban J connectivity index is 2.21. The number of aryl methyl sites for hydroxylation is 1. The van der Waals surface area contributed by atoms with Crippen LogP contribution < -0.4 is 5.32 Å². The third kappa shape index (κ3) is 4.38. The summed E-state index contributed by atoms with van der Waals surface area (Å²) in [7, 11) is 0. The molecule has 1 aromatic carbocycles. The number of hydrogen-bond acceptors (Lipinski definition) is 3. The van der Waals surface area contributed by atoms with Crippen molar-refractivity contribution < 1.29 is 0 Å². The van der Waals surface area contributed by atoms with Crippen LogP contribution in [0.3, 0.4) is 0 Å². The van der Waals surface area contributed by atoms with Gasteiger partial charge in [0.05, 0.1) is 17.9 Å². The molecule has 1 unspecified atom stereocenters. The normalized spacial score (nSPS) is 12.5. The number of aromatic nitrogens is 3. The lowest BCUT2D eigenvalue weighted by molar-refractivity contribution is 0.464. The van der Waals surface area contributed by atoms with Gasteiger partial charge in [0.25, 0.3) is 0 Å². The average Bonchev–Trinajstić information content (AvgIpc) is 2.94. The zero-order chi connectivity index (χ0) is 15.1. The number of benzene rings is 1. The van der Waals surface area contributed by atoms with Crippen LogP contribution in [0.15, 0.2) is 34.9 Å². The fourth-order valence-corrected chi connectivity index (χ4v) is 2.85. The van der Waals surface area contributed by atoms with Gasteiger partial charge in [-0.25, -0.2) is 4.68 Å². The molecule has 0 fully saturated rings. The first kappa shape index (κ1) is 16.2. The van der Waals surface area contributed by atoms with Crippen molar-refractivity contribution in [3.05, 3.63) is 46.2 Å². The molecule has 114 valence electrons. The molecule has 0 saturated carbocycles. The molecular weight excluding hydrogens is 328 g/mol. The van der Waals surface area contributed by atoms with Crippen LogP contribution in [0.4, 0.5) is 0 Å². The van der Waals surface area contributed by atoms with Crippen LogP contribution in [0.25, 0.3) is 0 Å². The van der Waals surface area contributed by atoms with Gasteiger partial charge in [-0.3, -0.25) is 0 Å². The van der Waals surface area contributed by atoms with Gasteiger partial charge in [-0.2, -0.15) is 0 Å². The quantitative estimate of drug-likeness (QED) is 0.788. The Kier molecular flexibility index (Phi) is 6.39. The fourth-order valence-electron chi connectivity index (χ4n) is 2.40. The molecule has 1 heterocycles. The Bertz CT molecular complexity index is 553. The van der Waals surface area contributed by atoms with Crippen LogP contribution in [0, 0.1) is 0 Å². The van der Waals surface area contributed by atoms with Gasteiger partial charge in [0.15, 0.2) is 0 Å². The van der Waals surface area contributed by atoms with Gasteiger partial charge in [0.1, 0.15) is 0 Å². The summed E-state index contributed by atoms with van der Waals surface area (Å²) in [5.74, 6) is 0. The van der Waals surface area contributed by atoms with Crippen LogP contribution in [0.5, 0.6) is 0 Å². The maximum absolute atomic E-state index is 4.21. The highest BCUT2D eigenvalue weighted by molar-refractivity contribution is 9.10. The van der Waals surface area contributed by atoms with Gasteiger partial charge in [0.2, 0.25) is 0 Å². The highest BCUT2D eigenvalue weighted by Gasteiger charge is 2.17. The maximum Gasteiger partial charge on any atom is 0.0759 e. The summed E-state index contributed by atoms with van der Waals surface area (Å²) in [6.45, 7) is 6.25. The van der Waals surface area contributed by atoms with Crippen LogP contribution in [0.2, 0.25) is 0 Å². The second-order valence-corrected chi connectivity index (χ2v) is 6.04. The molecular formula is C16H23BrN4. The average molecular weight is 351 g/mol. The highest BCUT2D eigenvalue weighted by atomic mass is 79.9. The van der Waals surface area contributed by atoms with Crippen molar-refractivity contribution in [1.29, 1.82) is 0 Å². The van der Waals surface area contributed by atoms with Crippen molar-refractivity contribution in [3.63, 3.8) is 0 Å². The predicted octanol–water partition coefficient (Wildman–Crippen LogP) is 3.73. The Labute approximate surface area is 135 Å². The predicted molar refractivity (Wildman–Crippen MR) is 89.2 cm³/mol. The van der Waals surface area contributed by atoms with E-state index in [9.17, 15) is 0 Å². The van der Waals surface area contributed by atoms with Gasteiger partial charge in [-0.1, -0.05) is 53.2 Å². The number of halogens is 1. The van der Waals surface area contributed by atoms with E-state index in [0.717, 1.165) is 36.8 Å². The molecule has 0 aliphatic rings. The summed E-state index contributed by atoms with van der Waals surface area (Å²) in [6.07, 6.45) is 4.99. The number of rotatable bonds is 8. The number of nitrogens with zero attached hydrogens (tertiary/aromatic N) is 3. The van der Waals surface area contributed by atoms with E-state index in [0.29, 0.717) is 0 Å². The lowest BCUT2D eigenvalue weighted by atomic mass is 10.0. The second kappa shape index (κ2) is 8.29. The van der Waals surface area contributed by atoms with Crippen molar-refractivity contribution in [2.24, 2.45) is 0 Å². The third-order valence-corrected chi connectivity index (χ3v) is 4.24. The Hall–Kier alpha value is -1.20. The van der Waals surface area contributed by atoms with Gasteiger partial charge in [-0.15, -0.1) is 5.10 Å².